The first kappa shape index (κ1) is 29.4. The van der Waals surface area contributed by atoms with Gasteiger partial charge in [0.15, 0.2) is 0 Å². The van der Waals surface area contributed by atoms with E-state index in [9.17, 15) is 18.0 Å². The molecule has 1 N–H and O–H groups in total. The molecule has 0 aliphatic carbocycles. The van der Waals surface area contributed by atoms with Crippen molar-refractivity contribution < 1.29 is 18.0 Å². The molecule has 0 spiro atoms. The second-order valence-electron chi connectivity index (χ2n) is 9.29. The first-order valence-electron chi connectivity index (χ1n) is 12.5. The van der Waals surface area contributed by atoms with Crippen molar-refractivity contribution in [2.75, 3.05) is 17.4 Å². The van der Waals surface area contributed by atoms with E-state index in [1.807, 2.05) is 51.1 Å². The standard InChI is InChI=1S/C29H34BrN3O4S/c1-5-14-31-29(35)23(4)32(19-24-10-9-11-25(30)18-24)28(34)20-33(26-16-21(2)15-22(3)17-26)38(36,37)27-12-7-6-8-13-27/h6-13,15-18,23H,5,14,19-20H2,1-4H3,(H,31,35)/t23-/m0/s1. The lowest BCUT2D eigenvalue weighted by atomic mass is 10.1. The number of hydrogen-bond acceptors (Lipinski definition) is 4. The molecule has 0 aliphatic heterocycles. The number of hydrogen-bond donors (Lipinski definition) is 1. The van der Waals surface area contributed by atoms with Crippen LogP contribution in [0.3, 0.4) is 0 Å². The predicted octanol–water partition coefficient (Wildman–Crippen LogP) is 5.20. The Hall–Kier alpha value is -3.17. The molecule has 1 atom stereocenters. The lowest BCUT2D eigenvalue weighted by molar-refractivity contribution is -0.139. The molecule has 0 aliphatic rings. The maximum atomic E-state index is 13.9. The fourth-order valence-electron chi connectivity index (χ4n) is 4.15. The van der Waals surface area contributed by atoms with Crippen molar-refractivity contribution in [3.05, 3.63) is 94.0 Å². The van der Waals surface area contributed by atoms with Crippen LogP contribution in [0, 0.1) is 13.8 Å². The Labute approximate surface area is 234 Å². The van der Waals surface area contributed by atoms with Crippen LogP contribution in [0.2, 0.25) is 0 Å². The zero-order chi connectivity index (χ0) is 27.9. The molecular formula is C29H34BrN3O4S. The molecule has 0 bridgehead atoms. The van der Waals surface area contributed by atoms with E-state index >= 15 is 0 Å². The van der Waals surface area contributed by atoms with Crippen LogP contribution in [0.1, 0.15) is 37.0 Å². The van der Waals surface area contributed by atoms with E-state index in [1.165, 1.54) is 17.0 Å². The molecule has 9 heteroatoms. The van der Waals surface area contributed by atoms with E-state index in [0.717, 1.165) is 31.9 Å². The second-order valence-corrected chi connectivity index (χ2v) is 12.1. The second kappa shape index (κ2) is 13.1. The molecule has 0 saturated heterocycles. The first-order chi connectivity index (χ1) is 18.0. The summed E-state index contributed by atoms with van der Waals surface area (Å²) in [6.45, 7) is 7.54. The zero-order valence-electron chi connectivity index (χ0n) is 22.1. The lowest BCUT2D eigenvalue weighted by Crippen LogP contribution is -2.51. The molecule has 3 rings (SSSR count). The van der Waals surface area contributed by atoms with Gasteiger partial charge < -0.3 is 10.2 Å². The van der Waals surface area contributed by atoms with Gasteiger partial charge in [-0.15, -0.1) is 0 Å². The van der Waals surface area contributed by atoms with Crippen LogP contribution in [-0.2, 0) is 26.2 Å². The van der Waals surface area contributed by atoms with Crippen LogP contribution in [0.5, 0.6) is 0 Å². The van der Waals surface area contributed by atoms with Gasteiger partial charge in [0.25, 0.3) is 10.0 Å². The van der Waals surface area contributed by atoms with Crippen LogP contribution in [0.15, 0.2) is 82.2 Å². The zero-order valence-corrected chi connectivity index (χ0v) is 24.6. The summed E-state index contributed by atoms with van der Waals surface area (Å²) < 4.78 is 29.6. The fourth-order valence-corrected chi connectivity index (χ4v) is 6.02. The summed E-state index contributed by atoms with van der Waals surface area (Å²) in [6, 6.07) is 20.1. The van der Waals surface area contributed by atoms with Crippen molar-refractivity contribution in [3.63, 3.8) is 0 Å². The average molecular weight is 601 g/mol. The van der Waals surface area contributed by atoms with Gasteiger partial charge in [-0.1, -0.05) is 59.3 Å². The van der Waals surface area contributed by atoms with Crippen LogP contribution in [0.4, 0.5) is 5.69 Å². The predicted molar refractivity (Wildman–Crippen MR) is 154 cm³/mol. The SMILES string of the molecule is CCCNC(=O)[C@H](C)N(Cc1cccc(Br)c1)C(=O)CN(c1cc(C)cc(C)c1)S(=O)(=O)c1ccccc1. The third-order valence-corrected chi connectivity index (χ3v) is 8.34. The largest absolute Gasteiger partial charge is 0.354 e. The van der Waals surface area contributed by atoms with Crippen LogP contribution in [-0.4, -0.2) is 44.3 Å². The fraction of sp³-hybridized carbons (Fsp3) is 0.310. The summed E-state index contributed by atoms with van der Waals surface area (Å²) in [5, 5.41) is 2.85. The Morgan fingerprint density at radius 2 is 1.61 bits per heavy atom. The Morgan fingerprint density at radius 1 is 0.947 bits per heavy atom. The number of carbonyl (C=O) groups excluding carboxylic acids is 2. The number of nitrogens with zero attached hydrogens (tertiary/aromatic N) is 2. The molecule has 0 radical (unpaired) electrons. The molecule has 2 amide bonds. The van der Waals surface area contributed by atoms with Crippen molar-refractivity contribution in [1.29, 1.82) is 0 Å². The Balaban J connectivity index is 2.04. The number of rotatable bonds is 11. The summed E-state index contributed by atoms with van der Waals surface area (Å²) in [6.07, 6.45) is 0.758. The molecule has 3 aromatic carbocycles. The summed E-state index contributed by atoms with van der Waals surface area (Å²) >= 11 is 3.46. The number of nitrogens with one attached hydrogen (secondary N) is 1. The monoisotopic (exact) mass is 599 g/mol. The molecule has 0 saturated carbocycles. The summed E-state index contributed by atoms with van der Waals surface area (Å²) in [7, 11) is -4.08. The normalized spacial score (nSPS) is 12.0. The number of aryl methyl sites for hydroxylation is 2. The van der Waals surface area contributed by atoms with Gasteiger partial charge >= 0.3 is 0 Å². The molecule has 202 valence electrons. The average Bonchev–Trinajstić information content (AvgIpc) is 2.88. The lowest BCUT2D eigenvalue weighted by Gasteiger charge is -2.32. The van der Waals surface area contributed by atoms with E-state index in [0.29, 0.717) is 12.2 Å². The van der Waals surface area contributed by atoms with Gasteiger partial charge in [-0.3, -0.25) is 13.9 Å². The molecule has 3 aromatic rings. The highest BCUT2D eigenvalue weighted by atomic mass is 79.9. The number of anilines is 1. The first-order valence-corrected chi connectivity index (χ1v) is 14.7. The van der Waals surface area contributed by atoms with E-state index in [4.69, 9.17) is 0 Å². The van der Waals surface area contributed by atoms with E-state index in [-0.39, 0.29) is 17.3 Å². The minimum absolute atomic E-state index is 0.0826. The smallest absolute Gasteiger partial charge is 0.264 e. The topological polar surface area (TPSA) is 86.8 Å². The van der Waals surface area contributed by atoms with Crippen LogP contribution >= 0.6 is 15.9 Å². The van der Waals surface area contributed by atoms with Crippen molar-refractivity contribution in [2.45, 2.75) is 51.6 Å². The number of amides is 2. The third-order valence-electron chi connectivity index (χ3n) is 6.06. The van der Waals surface area contributed by atoms with Gasteiger partial charge in [0, 0.05) is 17.6 Å². The molecule has 38 heavy (non-hydrogen) atoms. The van der Waals surface area contributed by atoms with Crippen LogP contribution in [0.25, 0.3) is 0 Å². The highest BCUT2D eigenvalue weighted by molar-refractivity contribution is 9.10. The highest BCUT2D eigenvalue weighted by Crippen LogP contribution is 2.26. The van der Waals surface area contributed by atoms with E-state index < -0.39 is 28.5 Å². The Bertz CT molecular complexity index is 1360. The van der Waals surface area contributed by atoms with Crippen molar-refractivity contribution in [3.8, 4) is 0 Å². The van der Waals surface area contributed by atoms with Crippen molar-refractivity contribution in [1.82, 2.24) is 10.2 Å². The van der Waals surface area contributed by atoms with Gasteiger partial charge in [0.1, 0.15) is 12.6 Å². The summed E-state index contributed by atoms with van der Waals surface area (Å²) in [5.41, 5.74) is 2.95. The summed E-state index contributed by atoms with van der Waals surface area (Å²) in [4.78, 5) is 28.4. The Morgan fingerprint density at radius 3 is 2.21 bits per heavy atom. The van der Waals surface area contributed by atoms with Gasteiger partial charge in [-0.25, -0.2) is 8.42 Å². The van der Waals surface area contributed by atoms with E-state index in [2.05, 4.69) is 21.2 Å². The molecule has 0 unspecified atom stereocenters. The van der Waals surface area contributed by atoms with Gasteiger partial charge in [-0.2, -0.15) is 0 Å². The van der Waals surface area contributed by atoms with Gasteiger partial charge in [-0.05, 0) is 80.3 Å². The Kier molecular flexibility index (Phi) is 10.1. The number of sulfonamides is 1. The maximum absolute atomic E-state index is 13.9. The maximum Gasteiger partial charge on any atom is 0.264 e. The molecule has 0 heterocycles. The molecular weight excluding hydrogens is 566 g/mol. The highest BCUT2D eigenvalue weighted by Gasteiger charge is 2.32. The van der Waals surface area contributed by atoms with Crippen LogP contribution < -0.4 is 9.62 Å². The van der Waals surface area contributed by atoms with Gasteiger partial charge in [0.05, 0.1) is 10.6 Å². The van der Waals surface area contributed by atoms with E-state index in [1.54, 1.807) is 37.3 Å². The molecule has 7 nitrogen and oxygen atoms in total. The number of carbonyl (C=O) groups is 2. The van der Waals surface area contributed by atoms with Crippen molar-refractivity contribution in [2.24, 2.45) is 0 Å². The number of halogens is 1. The quantitative estimate of drug-likeness (QED) is 0.328. The molecule has 0 aromatic heterocycles. The van der Waals surface area contributed by atoms with Gasteiger partial charge in [0.2, 0.25) is 11.8 Å². The number of benzene rings is 3. The summed E-state index contributed by atoms with van der Waals surface area (Å²) in [5.74, 6) is -0.776. The minimum atomic E-state index is -4.08. The third kappa shape index (κ3) is 7.45. The molecule has 0 fully saturated rings. The van der Waals surface area contributed by atoms with Crippen molar-refractivity contribution >= 4 is 43.5 Å². The minimum Gasteiger partial charge on any atom is -0.354 e.